The smallest absolute Gasteiger partial charge is 0.157 e. The van der Waals surface area contributed by atoms with E-state index in [2.05, 4.69) is 12.2 Å². The molecule has 3 unspecified atom stereocenters. The van der Waals surface area contributed by atoms with Gasteiger partial charge in [-0.15, -0.1) is 0 Å². The van der Waals surface area contributed by atoms with Gasteiger partial charge in [-0.3, -0.25) is 0 Å². The molecule has 0 aliphatic carbocycles. The summed E-state index contributed by atoms with van der Waals surface area (Å²) >= 11 is 0. The Bertz CT molecular complexity index is 275. The maximum atomic E-state index is 12.3. The zero-order valence-electron chi connectivity index (χ0n) is 11.3. The first-order chi connectivity index (χ1) is 7.45. The van der Waals surface area contributed by atoms with Crippen molar-refractivity contribution >= 4 is 9.84 Å². The molecule has 98 valence electrons. The lowest BCUT2D eigenvalue weighted by Gasteiger charge is -2.28. The average Bonchev–Trinajstić information content (AvgIpc) is 2.27. The van der Waals surface area contributed by atoms with Crippen molar-refractivity contribution in [3.8, 4) is 0 Å². The van der Waals surface area contributed by atoms with Gasteiger partial charge in [0.25, 0.3) is 0 Å². The molecule has 0 aromatic heterocycles. The third-order valence-corrected chi connectivity index (χ3v) is 6.34. The molecule has 3 nitrogen and oxygen atoms in total. The molecule has 0 fully saturated rings. The molecule has 0 bridgehead atoms. The highest BCUT2D eigenvalue weighted by atomic mass is 32.2. The Balaban J connectivity index is 4.95. The summed E-state index contributed by atoms with van der Waals surface area (Å²) in [6.07, 6.45) is 3.32. The van der Waals surface area contributed by atoms with Crippen LogP contribution in [0.15, 0.2) is 0 Å². The number of sulfone groups is 1. The molecule has 0 rings (SSSR count). The summed E-state index contributed by atoms with van der Waals surface area (Å²) in [6, 6.07) is 0.0917. The largest absolute Gasteiger partial charge is 0.316 e. The molecule has 1 N–H and O–H groups in total. The van der Waals surface area contributed by atoms with Crippen LogP contribution in [0.5, 0.6) is 0 Å². The minimum Gasteiger partial charge on any atom is -0.316 e. The molecule has 0 aliphatic heterocycles. The van der Waals surface area contributed by atoms with Gasteiger partial charge in [-0.2, -0.15) is 0 Å². The fourth-order valence-electron chi connectivity index (χ4n) is 2.10. The second kappa shape index (κ2) is 7.28. The van der Waals surface area contributed by atoms with Crippen molar-refractivity contribution in [2.75, 3.05) is 7.05 Å². The number of hydrogen-bond acceptors (Lipinski definition) is 3. The van der Waals surface area contributed by atoms with Gasteiger partial charge in [0.2, 0.25) is 0 Å². The van der Waals surface area contributed by atoms with Crippen LogP contribution < -0.4 is 5.32 Å². The van der Waals surface area contributed by atoms with Crippen LogP contribution in [0.3, 0.4) is 0 Å². The standard InChI is InChI=1S/C12H27NO2S/c1-6-9-11(13-5)12(8-3)16(14,15)10(4)7-2/h10-13H,6-9H2,1-5H3. The summed E-state index contributed by atoms with van der Waals surface area (Å²) in [4.78, 5) is 0. The van der Waals surface area contributed by atoms with E-state index in [0.29, 0.717) is 12.8 Å². The maximum absolute atomic E-state index is 12.3. The lowest BCUT2D eigenvalue weighted by Crippen LogP contribution is -2.45. The van der Waals surface area contributed by atoms with Crippen molar-refractivity contribution in [2.24, 2.45) is 0 Å². The summed E-state index contributed by atoms with van der Waals surface area (Å²) < 4.78 is 24.7. The van der Waals surface area contributed by atoms with Crippen molar-refractivity contribution in [3.05, 3.63) is 0 Å². The van der Waals surface area contributed by atoms with Crippen LogP contribution in [0, 0.1) is 0 Å². The van der Waals surface area contributed by atoms with E-state index in [1.165, 1.54) is 0 Å². The highest BCUT2D eigenvalue weighted by molar-refractivity contribution is 7.92. The molecule has 0 amide bonds. The van der Waals surface area contributed by atoms with E-state index in [-0.39, 0.29) is 16.5 Å². The topological polar surface area (TPSA) is 46.2 Å². The number of hydrogen-bond donors (Lipinski definition) is 1. The van der Waals surface area contributed by atoms with Crippen LogP contribution in [0.2, 0.25) is 0 Å². The third kappa shape index (κ3) is 3.74. The van der Waals surface area contributed by atoms with Gasteiger partial charge in [0, 0.05) is 6.04 Å². The molecular formula is C12H27NO2S. The normalized spacial score (nSPS) is 18.1. The van der Waals surface area contributed by atoms with E-state index in [9.17, 15) is 8.42 Å². The highest BCUT2D eigenvalue weighted by Crippen LogP contribution is 2.20. The van der Waals surface area contributed by atoms with Gasteiger partial charge < -0.3 is 5.32 Å². The second-order valence-corrected chi connectivity index (χ2v) is 7.03. The van der Waals surface area contributed by atoms with Crippen LogP contribution in [0.25, 0.3) is 0 Å². The molecule has 0 spiro atoms. The lowest BCUT2D eigenvalue weighted by atomic mass is 10.1. The van der Waals surface area contributed by atoms with Crippen molar-refractivity contribution in [2.45, 2.75) is 69.9 Å². The van der Waals surface area contributed by atoms with Gasteiger partial charge in [0.05, 0.1) is 10.5 Å². The minimum absolute atomic E-state index is 0.0917. The molecular weight excluding hydrogens is 222 g/mol. The Labute approximate surface area is 101 Å². The predicted molar refractivity (Wildman–Crippen MR) is 70.5 cm³/mol. The average molecular weight is 249 g/mol. The minimum atomic E-state index is -3.00. The Morgan fingerprint density at radius 1 is 1.12 bits per heavy atom. The van der Waals surface area contributed by atoms with Crippen LogP contribution in [0.4, 0.5) is 0 Å². The molecule has 0 aromatic carbocycles. The fourth-order valence-corrected chi connectivity index (χ4v) is 4.36. The zero-order chi connectivity index (χ0) is 12.8. The van der Waals surface area contributed by atoms with E-state index < -0.39 is 9.84 Å². The molecule has 0 saturated heterocycles. The predicted octanol–water partition coefficient (Wildman–Crippen LogP) is 2.37. The van der Waals surface area contributed by atoms with Gasteiger partial charge >= 0.3 is 0 Å². The SMILES string of the molecule is CCCC(NC)C(CC)S(=O)(=O)C(C)CC. The summed E-state index contributed by atoms with van der Waals surface area (Å²) in [6.45, 7) is 7.80. The van der Waals surface area contributed by atoms with Crippen molar-refractivity contribution < 1.29 is 8.42 Å². The molecule has 3 atom stereocenters. The lowest BCUT2D eigenvalue weighted by molar-refractivity contribution is 0.459. The van der Waals surface area contributed by atoms with E-state index in [0.717, 1.165) is 12.8 Å². The van der Waals surface area contributed by atoms with Crippen LogP contribution in [-0.4, -0.2) is 32.0 Å². The highest BCUT2D eigenvalue weighted by Gasteiger charge is 2.33. The van der Waals surface area contributed by atoms with E-state index in [1.807, 2.05) is 27.8 Å². The van der Waals surface area contributed by atoms with Gasteiger partial charge in [-0.25, -0.2) is 8.42 Å². The van der Waals surface area contributed by atoms with Crippen LogP contribution >= 0.6 is 0 Å². The molecule has 0 heterocycles. The zero-order valence-corrected chi connectivity index (χ0v) is 12.1. The molecule has 4 heteroatoms. The molecule has 0 aromatic rings. The van der Waals surface area contributed by atoms with E-state index in [1.54, 1.807) is 0 Å². The Morgan fingerprint density at radius 2 is 1.69 bits per heavy atom. The first-order valence-corrected chi connectivity index (χ1v) is 7.96. The van der Waals surface area contributed by atoms with Crippen molar-refractivity contribution in [1.82, 2.24) is 5.32 Å². The van der Waals surface area contributed by atoms with Crippen LogP contribution in [-0.2, 0) is 9.84 Å². The monoisotopic (exact) mass is 249 g/mol. The van der Waals surface area contributed by atoms with Gasteiger partial charge in [0.15, 0.2) is 9.84 Å². The number of rotatable bonds is 8. The Morgan fingerprint density at radius 3 is 2.00 bits per heavy atom. The molecule has 0 aliphatic rings. The summed E-state index contributed by atoms with van der Waals surface area (Å²) in [7, 11) is -1.14. The van der Waals surface area contributed by atoms with Crippen molar-refractivity contribution in [3.63, 3.8) is 0 Å². The third-order valence-electron chi connectivity index (χ3n) is 3.38. The first-order valence-electron chi connectivity index (χ1n) is 6.35. The summed E-state index contributed by atoms with van der Waals surface area (Å²) in [5.41, 5.74) is 0. The molecule has 16 heavy (non-hydrogen) atoms. The van der Waals surface area contributed by atoms with Crippen LogP contribution in [0.1, 0.15) is 53.4 Å². The Hall–Kier alpha value is -0.0900. The molecule has 0 saturated carbocycles. The van der Waals surface area contributed by atoms with Gasteiger partial charge in [0.1, 0.15) is 0 Å². The van der Waals surface area contributed by atoms with E-state index >= 15 is 0 Å². The van der Waals surface area contributed by atoms with Crippen molar-refractivity contribution in [1.29, 1.82) is 0 Å². The van der Waals surface area contributed by atoms with Gasteiger partial charge in [-0.1, -0.05) is 27.2 Å². The maximum Gasteiger partial charge on any atom is 0.157 e. The van der Waals surface area contributed by atoms with E-state index in [4.69, 9.17) is 0 Å². The summed E-state index contributed by atoms with van der Waals surface area (Å²) in [5, 5.41) is 2.69. The number of nitrogens with one attached hydrogen (secondary N) is 1. The Kier molecular flexibility index (Phi) is 7.24. The second-order valence-electron chi connectivity index (χ2n) is 4.44. The van der Waals surface area contributed by atoms with Gasteiger partial charge in [-0.05, 0) is 33.2 Å². The fraction of sp³-hybridized carbons (Fsp3) is 1.00. The first kappa shape index (κ1) is 15.9. The molecule has 0 radical (unpaired) electrons. The quantitative estimate of drug-likeness (QED) is 0.718. The summed E-state index contributed by atoms with van der Waals surface area (Å²) in [5.74, 6) is 0.